The second-order valence-corrected chi connectivity index (χ2v) is 6.25. The van der Waals surface area contributed by atoms with Gasteiger partial charge in [-0.15, -0.1) is 0 Å². The molecular weight excluding hydrogens is 232 g/mol. The molecule has 0 radical (unpaired) electrons. The van der Waals surface area contributed by atoms with Crippen molar-refractivity contribution < 1.29 is 14.7 Å². The summed E-state index contributed by atoms with van der Waals surface area (Å²) in [7, 11) is 0. The molecule has 0 aromatic carbocycles. The van der Waals surface area contributed by atoms with Crippen LogP contribution < -0.4 is 11.1 Å². The molecule has 0 bridgehead atoms. The first-order valence-corrected chi connectivity index (χ1v) is 6.50. The average molecular weight is 256 g/mol. The first-order chi connectivity index (χ1) is 8.21. The van der Waals surface area contributed by atoms with Crippen LogP contribution >= 0.6 is 0 Å². The second kappa shape index (κ2) is 5.69. The molecule has 18 heavy (non-hydrogen) atoms. The van der Waals surface area contributed by atoms with E-state index in [9.17, 15) is 9.59 Å². The number of hydrogen-bond donors (Lipinski definition) is 3. The fourth-order valence-corrected chi connectivity index (χ4v) is 2.23. The molecule has 0 aliphatic heterocycles. The number of carboxylic acids is 1. The predicted octanol–water partition coefficient (Wildman–Crippen LogP) is 1.12. The van der Waals surface area contributed by atoms with Gasteiger partial charge in [-0.1, -0.05) is 27.2 Å². The number of carbonyl (C=O) groups excluding carboxylic acids is 1. The molecular formula is C13H24N2O3. The van der Waals surface area contributed by atoms with Gasteiger partial charge < -0.3 is 16.2 Å². The molecule has 0 heterocycles. The first kappa shape index (κ1) is 15.0. The second-order valence-electron chi connectivity index (χ2n) is 6.25. The lowest BCUT2D eigenvalue weighted by atomic mass is 9.84. The van der Waals surface area contributed by atoms with Crippen LogP contribution in [0.2, 0.25) is 0 Å². The molecule has 1 fully saturated rings. The molecule has 104 valence electrons. The Hall–Kier alpha value is -1.10. The highest BCUT2D eigenvalue weighted by atomic mass is 16.4. The fourth-order valence-electron chi connectivity index (χ4n) is 2.23. The van der Waals surface area contributed by atoms with E-state index in [1.165, 1.54) is 0 Å². The summed E-state index contributed by atoms with van der Waals surface area (Å²) in [5.41, 5.74) is 5.59. The number of nitrogens with two attached hydrogens (primary N) is 1. The summed E-state index contributed by atoms with van der Waals surface area (Å²) in [5, 5.41) is 11.9. The normalized spacial score (nSPS) is 26.4. The van der Waals surface area contributed by atoms with E-state index < -0.39 is 12.0 Å². The van der Waals surface area contributed by atoms with Gasteiger partial charge in [0.05, 0.1) is 12.0 Å². The lowest BCUT2D eigenvalue weighted by Gasteiger charge is -2.31. The van der Waals surface area contributed by atoms with Gasteiger partial charge in [0.1, 0.15) is 0 Å². The summed E-state index contributed by atoms with van der Waals surface area (Å²) in [6.07, 6.45) is 2.89. The molecule has 2 unspecified atom stereocenters. The van der Waals surface area contributed by atoms with E-state index in [4.69, 9.17) is 10.8 Å². The topological polar surface area (TPSA) is 92.4 Å². The molecule has 1 aliphatic carbocycles. The summed E-state index contributed by atoms with van der Waals surface area (Å²) in [4.78, 5) is 22.9. The number of hydrogen-bond acceptors (Lipinski definition) is 3. The summed E-state index contributed by atoms with van der Waals surface area (Å²) < 4.78 is 0. The molecule has 3 atom stereocenters. The van der Waals surface area contributed by atoms with Crippen molar-refractivity contribution in [2.75, 3.05) is 0 Å². The van der Waals surface area contributed by atoms with Crippen LogP contribution in [0, 0.1) is 11.3 Å². The van der Waals surface area contributed by atoms with Crippen molar-refractivity contribution in [1.29, 1.82) is 0 Å². The fraction of sp³-hybridized carbons (Fsp3) is 0.846. The van der Waals surface area contributed by atoms with Crippen molar-refractivity contribution in [3.8, 4) is 0 Å². The summed E-state index contributed by atoms with van der Waals surface area (Å²) in [6, 6.07) is -0.622. The maximum Gasteiger partial charge on any atom is 0.306 e. The minimum atomic E-state index is -0.769. The highest BCUT2D eigenvalue weighted by molar-refractivity contribution is 5.82. The highest BCUT2D eigenvalue weighted by Gasteiger charge is 2.32. The molecule has 0 aromatic rings. The molecule has 5 heteroatoms. The lowest BCUT2D eigenvalue weighted by molar-refractivity contribution is -0.143. The Balaban J connectivity index is 2.52. The van der Waals surface area contributed by atoms with Crippen molar-refractivity contribution in [1.82, 2.24) is 5.32 Å². The van der Waals surface area contributed by atoms with Crippen LogP contribution in [0.1, 0.15) is 46.5 Å². The Bertz CT molecular complexity index is 323. The summed E-state index contributed by atoms with van der Waals surface area (Å²) in [6.45, 7) is 5.74. The number of nitrogens with one attached hydrogen (secondary N) is 1. The van der Waals surface area contributed by atoms with Crippen LogP contribution in [0.5, 0.6) is 0 Å². The van der Waals surface area contributed by atoms with Gasteiger partial charge in [-0.05, 0) is 24.7 Å². The largest absolute Gasteiger partial charge is 0.481 e. The van der Waals surface area contributed by atoms with Gasteiger partial charge in [-0.3, -0.25) is 9.59 Å². The minimum Gasteiger partial charge on any atom is -0.481 e. The number of aliphatic carboxylic acids is 1. The molecule has 1 amide bonds. The van der Waals surface area contributed by atoms with E-state index in [0.29, 0.717) is 12.8 Å². The quantitative estimate of drug-likeness (QED) is 0.705. The third-order valence-corrected chi connectivity index (χ3v) is 3.59. The van der Waals surface area contributed by atoms with Crippen LogP contribution in [-0.2, 0) is 9.59 Å². The molecule has 0 saturated heterocycles. The van der Waals surface area contributed by atoms with Crippen molar-refractivity contribution in [3.63, 3.8) is 0 Å². The zero-order valence-electron chi connectivity index (χ0n) is 11.4. The van der Waals surface area contributed by atoms with Gasteiger partial charge in [0, 0.05) is 6.04 Å². The Morgan fingerprint density at radius 2 is 1.94 bits per heavy atom. The molecule has 1 aliphatic rings. The van der Waals surface area contributed by atoms with E-state index in [0.717, 1.165) is 12.8 Å². The summed E-state index contributed by atoms with van der Waals surface area (Å²) >= 11 is 0. The molecule has 1 rings (SSSR count). The maximum absolute atomic E-state index is 12.0. The Morgan fingerprint density at radius 1 is 1.33 bits per heavy atom. The zero-order valence-corrected chi connectivity index (χ0v) is 11.4. The SMILES string of the molecule is CC(C)(C)[C@@H](N)C(=O)NC1CCCC(C(=O)O)C1. The number of carbonyl (C=O) groups is 2. The molecule has 5 nitrogen and oxygen atoms in total. The standard InChI is InChI=1S/C13H24N2O3/c1-13(2,3)10(14)11(16)15-9-6-4-5-8(7-9)12(17)18/h8-10H,4-7,14H2,1-3H3,(H,15,16)(H,17,18)/t8?,9?,10-/m0/s1. The van der Waals surface area contributed by atoms with E-state index >= 15 is 0 Å². The highest BCUT2D eigenvalue weighted by Crippen LogP contribution is 2.25. The van der Waals surface area contributed by atoms with Crippen molar-refractivity contribution >= 4 is 11.9 Å². The third-order valence-electron chi connectivity index (χ3n) is 3.59. The molecule has 4 N–H and O–H groups in total. The van der Waals surface area contributed by atoms with E-state index in [1.807, 2.05) is 20.8 Å². The molecule has 0 spiro atoms. The van der Waals surface area contributed by atoms with Gasteiger partial charge in [0.2, 0.25) is 5.91 Å². The van der Waals surface area contributed by atoms with Crippen LogP contribution in [0.25, 0.3) is 0 Å². The number of carboxylic acid groups (broad SMARTS) is 1. The number of amides is 1. The van der Waals surface area contributed by atoms with Crippen LogP contribution in [-0.4, -0.2) is 29.1 Å². The Morgan fingerprint density at radius 3 is 2.44 bits per heavy atom. The van der Waals surface area contributed by atoms with Crippen molar-refractivity contribution in [3.05, 3.63) is 0 Å². The van der Waals surface area contributed by atoms with E-state index in [2.05, 4.69) is 5.32 Å². The number of rotatable bonds is 3. The van der Waals surface area contributed by atoms with Gasteiger partial charge in [-0.25, -0.2) is 0 Å². The Labute approximate surface area is 108 Å². The van der Waals surface area contributed by atoms with Gasteiger partial charge in [0.15, 0.2) is 0 Å². The minimum absolute atomic E-state index is 0.0549. The third kappa shape index (κ3) is 3.98. The van der Waals surface area contributed by atoms with Gasteiger partial charge in [0.25, 0.3) is 0 Å². The predicted molar refractivity (Wildman–Crippen MR) is 69.0 cm³/mol. The maximum atomic E-state index is 12.0. The average Bonchev–Trinajstić information content (AvgIpc) is 2.27. The van der Waals surface area contributed by atoms with Crippen LogP contribution in [0.4, 0.5) is 0 Å². The van der Waals surface area contributed by atoms with Crippen molar-refractivity contribution in [2.24, 2.45) is 17.1 Å². The monoisotopic (exact) mass is 256 g/mol. The smallest absolute Gasteiger partial charge is 0.306 e. The van der Waals surface area contributed by atoms with E-state index in [-0.39, 0.29) is 23.3 Å². The van der Waals surface area contributed by atoms with Gasteiger partial charge >= 0.3 is 5.97 Å². The van der Waals surface area contributed by atoms with E-state index in [1.54, 1.807) is 0 Å². The Kier molecular flexibility index (Phi) is 4.73. The zero-order chi connectivity index (χ0) is 13.9. The van der Waals surface area contributed by atoms with Crippen LogP contribution in [0.3, 0.4) is 0 Å². The first-order valence-electron chi connectivity index (χ1n) is 6.50. The molecule has 0 aromatic heterocycles. The van der Waals surface area contributed by atoms with Gasteiger partial charge in [-0.2, -0.15) is 0 Å². The van der Waals surface area contributed by atoms with Crippen LogP contribution in [0.15, 0.2) is 0 Å². The summed E-state index contributed by atoms with van der Waals surface area (Å²) in [5.74, 6) is -1.29. The lowest BCUT2D eigenvalue weighted by Crippen LogP contribution is -2.52. The van der Waals surface area contributed by atoms with Crippen molar-refractivity contribution in [2.45, 2.75) is 58.5 Å². The molecule has 1 saturated carbocycles.